The maximum atomic E-state index is 13.0. The highest BCUT2D eigenvalue weighted by atomic mass is 32.2. The van der Waals surface area contributed by atoms with E-state index in [-0.39, 0.29) is 17.4 Å². The Bertz CT molecular complexity index is 1010. The number of carbonyl (C=O) groups excluding carboxylic acids is 2. The van der Waals surface area contributed by atoms with Crippen LogP contribution in [-0.4, -0.2) is 23.1 Å². The summed E-state index contributed by atoms with van der Waals surface area (Å²) in [5, 5.41) is 6.47. The Hall–Kier alpha value is -2.27. The number of hydrogen-bond acceptors (Lipinski definition) is 3. The van der Waals surface area contributed by atoms with E-state index in [2.05, 4.69) is 16.7 Å². The second kappa shape index (κ2) is 8.58. The summed E-state index contributed by atoms with van der Waals surface area (Å²) in [6, 6.07) is 13.6. The van der Waals surface area contributed by atoms with Crippen molar-refractivity contribution in [1.29, 1.82) is 0 Å². The highest BCUT2D eigenvalue weighted by Crippen LogP contribution is 2.55. The Balaban J connectivity index is 1.23. The number of carbonyl (C=O) groups is 2. The molecule has 4 saturated carbocycles. The molecule has 2 amide bonds. The molecule has 4 fully saturated rings. The van der Waals surface area contributed by atoms with Crippen LogP contribution in [0.2, 0.25) is 0 Å². The monoisotopic (exact) mass is 448 g/mol. The zero-order valence-electron chi connectivity index (χ0n) is 18.9. The van der Waals surface area contributed by atoms with Crippen molar-refractivity contribution in [2.75, 3.05) is 11.1 Å². The van der Waals surface area contributed by atoms with Gasteiger partial charge in [-0.15, -0.1) is 11.8 Å². The van der Waals surface area contributed by atoms with Crippen molar-refractivity contribution in [1.82, 2.24) is 5.32 Å². The van der Waals surface area contributed by atoms with Crippen LogP contribution in [0.3, 0.4) is 0 Å². The highest BCUT2D eigenvalue weighted by molar-refractivity contribution is 8.00. The van der Waals surface area contributed by atoms with Crippen LogP contribution < -0.4 is 10.6 Å². The third-order valence-corrected chi connectivity index (χ3v) is 8.64. The van der Waals surface area contributed by atoms with Gasteiger partial charge in [0.05, 0.1) is 11.3 Å². The lowest BCUT2D eigenvalue weighted by Gasteiger charge is -2.56. The fraction of sp³-hybridized carbons (Fsp3) is 0.481. The summed E-state index contributed by atoms with van der Waals surface area (Å²) in [7, 11) is 0. The van der Waals surface area contributed by atoms with Gasteiger partial charge in [-0.1, -0.05) is 29.8 Å². The topological polar surface area (TPSA) is 58.2 Å². The molecule has 0 heterocycles. The van der Waals surface area contributed by atoms with E-state index in [4.69, 9.17) is 0 Å². The molecule has 4 nitrogen and oxygen atoms in total. The van der Waals surface area contributed by atoms with E-state index in [1.165, 1.54) is 36.6 Å². The summed E-state index contributed by atoms with van der Waals surface area (Å²) < 4.78 is 0. The second-order valence-corrected chi connectivity index (χ2v) is 11.3. The van der Waals surface area contributed by atoms with E-state index in [0.29, 0.717) is 11.3 Å². The van der Waals surface area contributed by atoms with Gasteiger partial charge in [0.2, 0.25) is 5.91 Å². The van der Waals surface area contributed by atoms with Crippen LogP contribution in [0.15, 0.2) is 47.4 Å². The Labute approximate surface area is 194 Å². The Kier molecular flexibility index (Phi) is 5.79. The number of nitrogens with one attached hydrogen (secondary N) is 2. The largest absolute Gasteiger partial charge is 0.350 e. The molecule has 0 atom stereocenters. The molecule has 32 heavy (non-hydrogen) atoms. The van der Waals surface area contributed by atoms with Gasteiger partial charge >= 0.3 is 0 Å². The fourth-order valence-corrected chi connectivity index (χ4v) is 7.51. The minimum absolute atomic E-state index is 0.0340. The van der Waals surface area contributed by atoms with Crippen LogP contribution in [0.5, 0.6) is 0 Å². The maximum absolute atomic E-state index is 13.0. The molecule has 0 aromatic heterocycles. The number of amides is 2. The molecule has 2 aromatic carbocycles. The SMILES string of the molecule is Cc1ccc(NC(=O)c2ccccc2SCC(=O)NC23CC4CC(CC(C4)C2)C3)c(C)c1. The van der Waals surface area contributed by atoms with Gasteiger partial charge in [-0.3, -0.25) is 9.59 Å². The molecule has 2 aromatic rings. The van der Waals surface area contributed by atoms with Gasteiger partial charge in [-0.2, -0.15) is 0 Å². The fourth-order valence-electron chi connectivity index (χ4n) is 6.66. The molecule has 6 rings (SSSR count). The van der Waals surface area contributed by atoms with Crippen LogP contribution in [0.25, 0.3) is 0 Å². The van der Waals surface area contributed by atoms with E-state index < -0.39 is 0 Å². The van der Waals surface area contributed by atoms with Crippen molar-refractivity contribution < 1.29 is 9.59 Å². The van der Waals surface area contributed by atoms with Gasteiger partial charge in [-0.25, -0.2) is 0 Å². The third kappa shape index (κ3) is 4.45. The molecule has 4 aliphatic rings. The lowest BCUT2D eigenvalue weighted by Crippen LogP contribution is -2.60. The molecule has 5 heteroatoms. The first-order valence-corrected chi connectivity index (χ1v) is 12.8. The molecule has 0 unspecified atom stereocenters. The summed E-state index contributed by atoms with van der Waals surface area (Å²) in [6.07, 6.45) is 7.57. The molecule has 0 radical (unpaired) electrons. The van der Waals surface area contributed by atoms with Crippen LogP contribution in [0.4, 0.5) is 5.69 Å². The van der Waals surface area contributed by atoms with E-state index in [1.807, 2.05) is 50.2 Å². The lowest BCUT2D eigenvalue weighted by molar-refractivity contribution is -0.124. The minimum Gasteiger partial charge on any atom is -0.350 e. The van der Waals surface area contributed by atoms with Gasteiger partial charge in [0, 0.05) is 16.1 Å². The van der Waals surface area contributed by atoms with Crippen molar-refractivity contribution in [3.8, 4) is 0 Å². The molecule has 168 valence electrons. The number of benzene rings is 2. The average Bonchev–Trinajstić information content (AvgIpc) is 2.73. The summed E-state index contributed by atoms with van der Waals surface area (Å²) in [5.41, 5.74) is 3.67. The molecular formula is C27H32N2O2S. The summed E-state index contributed by atoms with van der Waals surface area (Å²) >= 11 is 1.46. The highest BCUT2D eigenvalue weighted by Gasteiger charge is 2.51. The number of hydrogen-bond donors (Lipinski definition) is 2. The number of anilines is 1. The molecule has 0 spiro atoms. The Morgan fingerprint density at radius 2 is 1.62 bits per heavy atom. The zero-order chi connectivity index (χ0) is 22.3. The quantitative estimate of drug-likeness (QED) is 0.555. The van der Waals surface area contributed by atoms with E-state index in [0.717, 1.165) is 53.2 Å². The van der Waals surface area contributed by atoms with E-state index >= 15 is 0 Å². The number of thioether (sulfide) groups is 1. The standard InChI is InChI=1S/C27H32N2O2S/c1-17-7-8-23(18(2)9-17)28-26(31)22-5-3-4-6-24(22)32-16-25(30)29-27-13-19-10-20(14-27)12-21(11-19)15-27/h3-9,19-21H,10-16H2,1-2H3,(H,28,31)(H,29,30). The van der Waals surface area contributed by atoms with Crippen LogP contribution >= 0.6 is 11.8 Å². The van der Waals surface area contributed by atoms with Crippen molar-refractivity contribution in [3.05, 3.63) is 59.2 Å². The van der Waals surface area contributed by atoms with Crippen molar-refractivity contribution >= 4 is 29.3 Å². The van der Waals surface area contributed by atoms with Gasteiger partial charge in [0.25, 0.3) is 5.91 Å². The molecule has 2 N–H and O–H groups in total. The van der Waals surface area contributed by atoms with Gasteiger partial charge in [0.1, 0.15) is 0 Å². The molecule has 4 aliphatic carbocycles. The number of rotatable bonds is 6. The molecular weight excluding hydrogens is 416 g/mol. The smallest absolute Gasteiger partial charge is 0.256 e. The molecule has 4 bridgehead atoms. The molecule has 0 saturated heterocycles. The first-order valence-electron chi connectivity index (χ1n) is 11.8. The van der Waals surface area contributed by atoms with Crippen molar-refractivity contribution in [2.24, 2.45) is 17.8 Å². The first-order chi connectivity index (χ1) is 15.4. The predicted octanol–water partition coefficient (Wildman–Crippen LogP) is 5.73. The predicted molar refractivity (Wildman–Crippen MR) is 130 cm³/mol. The third-order valence-electron chi connectivity index (χ3n) is 7.56. The van der Waals surface area contributed by atoms with Crippen LogP contribution in [-0.2, 0) is 4.79 Å². The Morgan fingerprint density at radius 3 is 2.28 bits per heavy atom. The minimum atomic E-state index is -0.137. The Morgan fingerprint density at radius 1 is 0.969 bits per heavy atom. The average molecular weight is 449 g/mol. The second-order valence-electron chi connectivity index (χ2n) is 10.3. The molecule has 0 aliphatic heterocycles. The summed E-state index contributed by atoms with van der Waals surface area (Å²) in [4.78, 5) is 26.8. The van der Waals surface area contributed by atoms with Crippen LogP contribution in [0.1, 0.15) is 60.0 Å². The lowest BCUT2D eigenvalue weighted by atomic mass is 9.53. The van der Waals surface area contributed by atoms with Gasteiger partial charge < -0.3 is 10.6 Å². The van der Waals surface area contributed by atoms with Gasteiger partial charge in [-0.05, 0) is 93.9 Å². The normalized spacial score (nSPS) is 27.9. The summed E-state index contributed by atoms with van der Waals surface area (Å²) in [5.74, 6) is 2.73. The first kappa shape index (κ1) is 21.6. The van der Waals surface area contributed by atoms with Crippen LogP contribution in [0, 0.1) is 31.6 Å². The van der Waals surface area contributed by atoms with E-state index in [9.17, 15) is 9.59 Å². The number of aryl methyl sites for hydroxylation is 2. The van der Waals surface area contributed by atoms with Gasteiger partial charge in [0.15, 0.2) is 0 Å². The summed E-state index contributed by atoms with van der Waals surface area (Å²) in [6.45, 7) is 4.04. The zero-order valence-corrected chi connectivity index (χ0v) is 19.8. The van der Waals surface area contributed by atoms with Crippen molar-refractivity contribution in [2.45, 2.75) is 62.8 Å². The maximum Gasteiger partial charge on any atom is 0.256 e. The van der Waals surface area contributed by atoms with Crippen molar-refractivity contribution in [3.63, 3.8) is 0 Å². The van der Waals surface area contributed by atoms with E-state index in [1.54, 1.807) is 0 Å².